The van der Waals surface area contributed by atoms with Gasteiger partial charge in [-0.3, -0.25) is 9.88 Å². The molecule has 3 heterocycles. The highest BCUT2D eigenvalue weighted by atomic mass is 32.1. The molecule has 1 aliphatic rings. The molecule has 2 aromatic rings. The number of aromatic nitrogens is 1. The summed E-state index contributed by atoms with van der Waals surface area (Å²) in [5.74, 6) is 0. The van der Waals surface area contributed by atoms with Gasteiger partial charge in [0.25, 0.3) is 0 Å². The van der Waals surface area contributed by atoms with Crippen LogP contribution in [0.25, 0.3) is 0 Å². The van der Waals surface area contributed by atoms with Crippen LogP contribution in [0.4, 0.5) is 5.69 Å². The standard InChI is InChI=1S/C17H20N4S/c1-13-10-17(16(11-18)14(2)19-13)21-7-5-20(6-8-21)12-15-4-3-9-22-15/h3-4,9-10H,5-8,12H2,1-2H3. The Morgan fingerprint density at radius 2 is 2.05 bits per heavy atom. The first-order valence-corrected chi connectivity index (χ1v) is 8.43. The van der Waals surface area contributed by atoms with Gasteiger partial charge >= 0.3 is 0 Å². The van der Waals surface area contributed by atoms with E-state index >= 15 is 0 Å². The van der Waals surface area contributed by atoms with Gasteiger partial charge in [-0.15, -0.1) is 11.3 Å². The maximum atomic E-state index is 9.42. The van der Waals surface area contributed by atoms with Crippen LogP contribution < -0.4 is 4.90 Å². The van der Waals surface area contributed by atoms with Crippen LogP contribution in [-0.2, 0) is 6.54 Å². The number of nitriles is 1. The Kier molecular flexibility index (Phi) is 4.41. The minimum atomic E-state index is 0.720. The highest BCUT2D eigenvalue weighted by Crippen LogP contribution is 2.25. The summed E-state index contributed by atoms with van der Waals surface area (Å²) in [7, 11) is 0. The molecule has 1 aliphatic heterocycles. The molecule has 0 atom stereocenters. The number of thiophene rings is 1. The lowest BCUT2D eigenvalue weighted by molar-refractivity contribution is 0.252. The third kappa shape index (κ3) is 3.13. The number of nitrogens with zero attached hydrogens (tertiary/aromatic N) is 4. The van der Waals surface area contributed by atoms with Crippen molar-refractivity contribution in [1.82, 2.24) is 9.88 Å². The second-order valence-electron chi connectivity index (χ2n) is 5.70. The molecule has 0 amide bonds. The molecule has 5 heteroatoms. The zero-order valence-electron chi connectivity index (χ0n) is 13.0. The Morgan fingerprint density at radius 3 is 2.68 bits per heavy atom. The Balaban J connectivity index is 1.70. The Hall–Kier alpha value is -1.90. The lowest BCUT2D eigenvalue weighted by Gasteiger charge is -2.36. The van der Waals surface area contributed by atoms with Gasteiger partial charge in [0, 0.05) is 43.3 Å². The fourth-order valence-electron chi connectivity index (χ4n) is 2.97. The van der Waals surface area contributed by atoms with E-state index in [-0.39, 0.29) is 0 Å². The SMILES string of the molecule is Cc1cc(N2CCN(Cc3cccs3)CC2)c(C#N)c(C)n1. The molecular formula is C17H20N4S. The second kappa shape index (κ2) is 6.47. The van der Waals surface area contributed by atoms with Crippen LogP contribution in [-0.4, -0.2) is 36.1 Å². The Morgan fingerprint density at radius 1 is 1.27 bits per heavy atom. The van der Waals surface area contributed by atoms with E-state index < -0.39 is 0 Å². The molecule has 3 rings (SSSR count). The van der Waals surface area contributed by atoms with E-state index in [2.05, 4.69) is 38.4 Å². The average Bonchev–Trinajstić information content (AvgIpc) is 3.00. The van der Waals surface area contributed by atoms with Gasteiger partial charge in [0.2, 0.25) is 0 Å². The van der Waals surface area contributed by atoms with Crippen molar-refractivity contribution in [3.63, 3.8) is 0 Å². The summed E-state index contributed by atoms with van der Waals surface area (Å²) in [4.78, 5) is 10.6. The van der Waals surface area contributed by atoms with Crippen LogP contribution in [0.1, 0.15) is 21.8 Å². The number of anilines is 1. The van der Waals surface area contributed by atoms with Crippen molar-refractivity contribution in [3.05, 3.63) is 45.4 Å². The van der Waals surface area contributed by atoms with Crippen LogP contribution in [0, 0.1) is 25.2 Å². The largest absolute Gasteiger partial charge is 0.368 e. The van der Waals surface area contributed by atoms with Gasteiger partial charge in [0.1, 0.15) is 6.07 Å². The van der Waals surface area contributed by atoms with E-state index in [1.54, 1.807) is 0 Å². The molecule has 0 N–H and O–H groups in total. The lowest BCUT2D eigenvalue weighted by Crippen LogP contribution is -2.46. The number of piperazine rings is 1. The number of rotatable bonds is 3. The minimum Gasteiger partial charge on any atom is -0.368 e. The predicted octanol–water partition coefficient (Wildman–Crippen LogP) is 2.95. The van der Waals surface area contributed by atoms with E-state index in [0.717, 1.165) is 55.4 Å². The van der Waals surface area contributed by atoms with Gasteiger partial charge in [-0.1, -0.05) is 6.07 Å². The number of hydrogen-bond acceptors (Lipinski definition) is 5. The highest BCUT2D eigenvalue weighted by Gasteiger charge is 2.21. The first kappa shape index (κ1) is 15.0. The van der Waals surface area contributed by atoms with Crippen molar-refractivity contribution in [2.24, 2.45) is 0 Å². The van der Waals surface area contributed by atoms with Gasteiger partial charge in [-0.05, 0) is 31.4 Å². The van der Waals surface area contributed by atoms with E-state index in [9.17, 15) is 5.26 Å². The summed E-state index contributed by atoms with van der Waals surface area (Å²) in [5, 5.41) is 11.6. The molecule has 22 heavy (non-hydrogen) atoms. The first-order valence-electron chi connectivity index (χ1n) is 7.55. The quantitative estimate of drug-likeness (QED) is 0.874. The molecule has 0 unspecified atom stereocenters. The summed E-state index contributed by atoms with van der Waals surface area (Å²) in [6.45, 7) is 8.93. The van der Waals surface area contributed by atoms with E-state index in [4.69, 9.17) is 0 Å². The van der Waals surface area contributed by atoms with Gasteiger partial charge in [-0.25, -0.2) is 0 Å². The zero-order valence-corrected chi connectivity index (χ0v) is 13.9. The summed E-state index contributed by atoms with van der Waals surface area (Å²) in [6.07, 6.45) is 0. The molecule has 2 aromatic heterocycles. The molecular weight excluding hydrogens is 292 g/mol. The molecule has 0 bridgehead atoms. The molecule has 1 saturated heterocycles. The van der Waals surface area contributed by atoms with Crippen molar-refractivity contribution in [1.29, 1.82) is 5.26 Å². The normalized spacial score (nSPS) is 15.8. The molecule has 0 spiro atoms. The molecule has 1 fully saturated rings. The highest BCUT2D eigenvalue weighted by molar-refractivity contribution is 7.09. The molecule has 0 radical (unpaired) electrons. The fraction of sp³-hybridized carbons (Fsp3) is 0.412. The van der Waals surface area contributed by atoms with Gasteiger partial charge in [0.15, 0.2) is 0 Å². The number of hydrogen-bond donors (Lipinski definition) is 0. The van der Waals surface area contributed by atoms with Crippen molar-refractivity contribution in [2.75, 3.05) is 31.1 Å². The third-order valence-corrected chi connectivity index (χ3v) is 4.95. The smallest absolute Gasteiger partial charge is 0.103 e. The monoisotopic (exact) mass is 312 g/mol. The second-order valence-corrected chi connectivity index (χ2v) is 6.73. The van der Waals surface area contributed by atoms with Crippen LogP contribution in [0.15, 0.2) is 23.6 Å². The van der Waals surface area contributed by atoms with Crippen molar-refractivity contribution in [2.45, 2.75) is 20.4 Å². The lowest BCUT2D eigenvalue weighted by atomic mass is 10.1. The van der Waals surface area contributed by atoms with Crippen LogP contribution in [0.2, 0.25) is 0 Å². The number of pyridine rings is 1. The zero-order chi connectivity index (χ0) is 15.5. The van der Waals surface area contributed by atoms with Crippen molar-refractivity contribution >= 4 is 17.0 Å². The topological polar surface area (TPSA) is 43.2 Å². The van der Waals surface area contributed by atoms with Crippen LogP contribution >= 0.6 is 11.3 Å². The molecule has 0 aliphatic carbocycles. The Bertz CT molecular complexity index is 679. The maximum Gasteiger partial charge on any atom is 0.103 e. The van der Waals surface area contributed by atoms with E-state index in [0.29, 0.717) is 0 Å². The summed E-state index contributed by atoms with van der Waals surface area (Å²) < 4.78 is 0. The van der Waals surface area contributed by atoms with E-state index in [1.165, 1.54) is 4.88 Å². The van der Waals surface area contributed by atoms with E-state index in [1.807, 2.05) is 31.3 Å². The average molecular weight is 312 g/mol. The van der Waals surface area contributed by atoms with Gasteiger partial charge in [0.05, 0.1) is 16.9 Å². The molecule has 4 nitrogen and oxygen atoms in total. The first-order chi connectivity index (χ1) is 10.7. The summed E-state index contributed by atoms with van der Waals surface area (Å²) in [5.41, 5.74) is 3.58. The Labute approximate surface area is 135 Å². The van der Waals surface area contributed by atoms with Crippen molar-refractivity contribution in [3.8, 4) is 6.07 Å². The minimum absolute atomic E-state index is 0.720. The molecule has 0 aromatic carbocycles. The summed E-state index contributed by atoms with van der Waals surface area (Å²) >= 11 is 1.82. The molecule has 0 saturated carbocycles. The molecule has 114 valence electrons. The van der Waals surface area contributed by atoms with Crippen LogP contribution in [0.3, 0.4) is 0 Å². The van der Waals surface area contributed by atoms with Crippen LogP contribution in [0.5, 0.6) is 0 Å². The van der Waals surface area contributed by atoms with Gasteiger partial charge in [-0.2, -0.15) is 5.26 Å². The summed E-state index contributed by atoms with van der Waals surface area (Å²) in [6, 6.07) is 8.67. The third-order valence-electron chi connectivity index (χ3n) is 4.09. The number of aryl methyl sites for hydroxylation is 2. The van der Waals surface area contributed by atoms with Gasteiger partial charge < -0.3 is 4.90 Å². The fourth-order valence-corrected chi connectivity index (χ4v) is 3.71. The predicted molar refractivity (Wildman–Crippen MR) is 90.2 cm³/mol. The van der Waals surface area contributed by atoms with Crippen molar-refractivity contribution < 1.29 is 0 Å². The maximum absolute atomic E-state index is 9.42.